The number of fused-ring (bicyclic) bond motifs is 1. The Kier molecular flexibility index (Phi) is 4.69. The summed E-state index contributed by atoms with van der Waals surface area (Å²) >= 11 is 1.70. The summed E-state index contributed by atoms with van der Waals surface area (Å²) in [4.78, 5) is 20.2. The maximum atomic E-state index is 12.4. The highest BCUT2D eigenvalue weighted by Gasteiger charge is 2.17. The molecule has 0 radical (unpaired) electrons. The minimum atomic E-state index is -0.140. The zero-order chi connectivity index (χ0) is 16.2. The zero-order valence-corrected chi connectivity index (χ0v) is 14.0. The molecule has 0 aliphatic heterocycles. The molecule has 0 saturated heterocycles. The van der Waals surface area contributed by atoms with Crippen molar-refractivity contribution in [1.82, 2.24) is 15.2 Å². The third-order valence-electron chi connectivity index (χ3n) is 3.78. The van der Waals surface area contributed by atoms with Gasteiger partial charge in [-0.3, -0.25) is 4.79 Å². The number of para-hydroxylation sites is 1. The highest BCUT2D eigenvalue weighted by molar-refractivity contribution is 7.10. The van der Waals surface area contributed by atoms with Gasteiger partial charge in [0, 0.05) is 16.8 Å². The van der Waals surface area contributed by atoms with Crippen LogP contribution in [0.15, 0.2) is 53.9 Å². The predicted octanol–water partition coefficient (Wildman–Crippen LogP) is 3.33. The molecule has 0 fully saturated rings. The number of hydrogen-bond acceptors (Lipinski definition) is 4. The smallest absolute Gasteiger partial charge is 0.269 e. The van der Waals surface area contributed by atoms with Crippen molar-refractivity contribution in [2.45, 2.75) is 6.04 Å². The number of benzene rings is 1. The Labute approximate surface area is 139 Å². The molecule has 23 heavy (non-hydrogen) atoms. The van der Waals surface area contributed by atoms with Crippen molar-refractivity contribution in [3.63, 3.8) is 0 Å². The Morgan fingerprint density at radius 3 is 2.74 bits per heavy atom. The average Bonchev–Trinajstić information content (AvgIpc) is 3.08. The highest BCUT2D eigenvalue weighted by atomic mass is 32.1. The second-order valence-electron chi connectivity index (χ2n) is 5.59. The predicted molar refractivity (Wildman–Crippen MR) is 94.8 cm³/mol. The van der Waals surface area contributed by atoms with Crippen LogP contribution in [0.4, 0.5) is 0 Å². The summed E-state index contributed by atoms with van der Waals surface area (Å²) in [6.07, 6.45) is 0. The lowest BCUT2D eigenvalue weighted by atomic mass is 10.2. The third-order valence-corrected chi connectivity index (χ3v) is 4.76. The van der Waals surface area contributed by atoms with Gasteiger partial charge in [0.05, 0.1) is 11.6 Å². The van der Waals surface area contributed by atoms with Gasteiger partial charge < -0.3 is 10.2 Å². The minimum Gasteiger partial charge on any atom is -0.349 e. The molecule has 3 aromatic rings. The van der Waals surface area contributed by atoms with E-state index in [1.807, 2.05) is 50.5 Å². The van der Waals surface area contributed by atoms with Gasteiger partial charge in [0.15, 0.2) is 0 Å². The number of rotatable bonds is 5. The Bertz CT molecular complexity index is 799. The molecule has 0 aliphatic rings. The van der Waals surface area contributed by atoms with Crippen LogP contribution in [0.5, 0.6) is 0 Å². The number of carbonyl (C=O) groups excluding carboxylic acids is 1. The summed E-state index contributed by atoms with van der Waals surface area (Å²) in [5.74, 6) is -0.140. The van der Waals surface area contributed by atoms with Gasteiger partial charge in [0.2, 0.25) is 0 Å². The van der Waals surface area contributed by atoms with E-state index in [-0.39, 0.29) is 11.9 Å². The van der Waals surface area contributed by atoms with Crippen molar-refractivity contribution in [2.24, 2.45) is 0 Å². The molecule has 2 aromatic heterocycles. The molecule has 0 aliphatic carbocycles. The Morgan fingerprint density at radius 2 is 2.00 bits per heavy atom. The zero-order valence-electron chi connectivity index (χ0n) is 13.2. The minimum absolute atomic E-state index is 0.140. The number of likely N-dealkylation sites (N-methyl/N-ethyl adjacent to an activating group) is 1. The Morgan fingerprint density at radius 1 is 1.17 bits per heavy atom. The molecule has 0 bridgehead atoms. The van der Waals surface area contributed by atoms with E-state index in [0.717, 1.165) is 10.9 Å². The van der Waals surface area contributed by atoms with Crippen LogP contribution in [-0.2, 0) is 0 Å². The molecule has 1 amide bonds. The fraction of sp³-hybridized carbons (Fsp3) is 0.222. The molecule has 0 unspecified atom stereocenters. The first-order chi connectivity index (χ1) is 11.1. The average molecular weight is 325 g/mol. The summed E-state index contributed by atoms with van der Waals surface area (Å²) in [6, 6.07) is 15.8. The first-order valence-electron chi connectivity index (χ1n) is 7.49. The SMILES string of the molecule is CN(C)[C@H](CNC(=O)c1ccc2ccccc2n1)c1cccs1. The molecule has 1 N–H and O–H groups in total. The van der Waals surface area contributed by atoms with E-state index in [2.05, 4.69) is 26.6 Å². The molecule has 1 aromatic carbocycles. The van der Waals surface area contributed by atoms with Gasteiger partial charge in [0.1, 0.15) is 5.69 Å². The first kappa shape index (κ1) is 15.6. The molecule has 0 spiro atoms. The van der Waals surface area contributed by atoms with Gasteiger partial charge in [-0.05, 0) is 37.7 Å². The van der Waals surface area contributed by atoms with E-state index in [0.29, 0.717) is 12.2 Å². The van der Waals surface area contributed by atoms with E-state index < -0.39 is 0 Å². The number of pyridine rings is 1. The number of carbonyl (C=O) groups is 1. The van der Waals surface area contributed by atoms with Crippen LogP contribution in [-0.4, -0.2) is 36.4 Å². The van der Waals surface area contributed by atoms with Crippen LogP contribution in [0.2, 0.25) is 0 Å². The number of amides is 1. The number of aromatic nitrogens is 1. The van der Waals surface area contributed by atoms with Gasteiger partial charge >= 0.3 is 0 Å². The van der Waals surface area contributed by atoms with Crippen molar-refractivity contribution in [3.05, 3.63) is 64.5 Å². The van der Waals surface area contributed by atoms with E-state index in [1.54, 1.807) is 17.4 Å². The lowest BCUT2D eigenvalue weighted by Crippen LogP contribution is -2.34. The van der Waals surface area contributed by atoms with Gasteiger partial charge in [-0.25, -0.2) is 4.98 Å². The first-order valence-corrected chi connectivity index (χ1v) is 8.37. The summed E-state index contributed by atoms with van der Waals surface area (Å²) < 4.78 is 0. The van der Waals surface area contributed by atoms with E-state index >= 15 is 0 Å². The monoisotopic (exact) mass is 325 g/mol. The molecule has 2 heterocycles. The summed E-state index contributed by atoms with van der Waals surface area (Å²) in [6.45, 7) is 0.556. The van der Waals surface area contributed by atoms with E-state index in [1.165, 1.54) is 4.88 Å². The van der Waals surface area contributed by atoms with Crippen LogP contribution in [0.1, 0.15) is 21.4 Å². The Balaban J connectivity index is 1.72. The van der Waals surface area contributed by atoms with Crippen LogP contribution >= 0.6 is 11.3 Å². The molecular formula is C18H19N3OS. The fourth-order valence-corrected chi connectivity index (χ4v) is 3.41. The fourth-order valence-electron chi connectivity index (χ4n) is 2.49. The molecule has 0 saturated carbocycles. The molecular weight excluding hydrogens is 306 g/mol. The maximum absolute atomic E-state index is 12.4. The van der Waals surface area contributed by atoms with Crippen molar-refractivity contribution >= 4 is 28.1 Å². The number of nitrogens with zero attached hydrogens (tertiary/aromatic N) is 2. The number of hydrogen-bond donors (Lipinski definition) is 1. The standard InChI is InChI=1S/C18H19N3OS/c1-21(2)16(17-8-5-11-23-17)12-19-18(22)15-10-9-13-6-3-4-7-14(13)20-15/h3-11,16H,12H2,1-2H3,(H,19,22)/t16-/m1/s1. The lowest BCUT2D eigenvalue weighted by molar-refractivity contribution is 0.0937. The van der Waals surface area contributed by atoms with Crippen LogP contribution in [0.3, 0.4) is 0 Å². The number of nitrogens with one attached hydrogen (secondary N) is 1. The lowest BCUT2D eigenvalue weighted by Gasteiger charge is -2.23. The van der Waals surface area contributed by atoms with Gasteiger partial charge in [-0.2, -0.15) is 0 Å². The van der Waals surface area contributed by atoms with Gasteiger partial charge in [-0.1, -0.05) is 30.3 Å². The number of thiophene rings is 1. The van der Waals surface area contributed by atoms with Crippen molar-refractivity contribution < 1.29 is 4.79 Å². The molecule has 4 nitrogen and oxygen atoms in total. The molecule has 118 valence electrons. The van der Waals surface area contributed by atoms with Crippen LogP contribution in [0.25, 0.3) is 10.9 Å². The van der Waals surface area contributed by atoms with Crippen molar-refractivity contribution in [2.75, 3.05) is 20.6 Å². The third kappa shape index (κ3) is 3.57. The summed E-state index contributed by atoms with van der Waals surface area (Å²) in [5.41, 5.74) is 1.29. The van der Waals surface area contributed by atoms with Crippen molar-refractivity contribution in [3.8, 4) is 0 Å². The topological polar surface area (TPSA) is 45.2 Å². The van der Waals surface area contributed by atoms with Gasteiger partial charge in [0.25, 0.3) is 5.91 Å². The van der Waals surface area contributed by atoms with E-state index in [4.69, 9.17) is 0 Å². The largest absolute Gasteiger partial charge is 0.349 e. The normalized spacial score (nSPS) is 12.5. The second-order valence-corrected chi connectivity index (χ2v) is 6.57. The second kappa shape index (κ2) is 6.89. The highest BCUT2D eigenvalue weighted by Crippen LogP contribution is 2.22. The van der Waals surface area contributed by atoms with Crippen LogP contribution < -0.4 is 5.32 Å². The maximum Gasteiger partial charge on any atom is 0.269 e. The molecule has 3 rings (SSSR count). The Hall–Kier alpha value is -2.24. The van der Waals surface area contributed by atoms with Gasteiger partial charge in [-0.15, -0.1) is 11.3 Å². The summed E-state index contributed by atoms with van der Waals surface area (Å²) in [7, 11) is 4.04. The summed E-state index contributed by atoms with van der Waals surface area (Å²) in [5, 5.41) is 6.09. The van der Waals surface area contributed by atoms with E-state index in [9.17, 15) is 4.79 Å². The molecule has 5 heteroatoms. The molecule has 1 atom stereocenters. The van der Waals surface area contributed by atoms with Crippen LogP contribution in [0, 0.1) is 0 Å². The van der Waals surface area contributed by atoms with Crippen molar-refractivity contribution in [1.29, 1.82) is 0 Å². The quantitative estimate of drug-likeness (QED) is 0.782.